The molecule has 0 saturated heterocycles. The highest BCUT2D eigenvalue weighted by molar-refractivity contribution is 5.89. The van der Waals surface area contributed by atoms with Crippen molar-refractivity contribution in [2.75, 3.05) is 0 Å². The van der Waals surface area contributed by atoms with Gasteiger partial charge in [0.1, 0.15) is 0 Å². The van der Waals surface area contributed by atoms with E-state index in [9.17, 15) is 0 Å². The molecule has 1 nitrogen and oxygen atoms in total. The first-order valence-electron chi connectivity index (χ1n) is 18.9. The Morgan fingerprint density at radius 2 is 0.704 bits per heavy atom. The highest BCUT2D eigenvalue weighted by Crippen LogP contribution is 2.56. The summed E-state index contributed by atoms with van der Waals surface area (Å²) in [5.74, 6) is 0. The summed E-state index contributed by atoms with van der Waals surface area (Å²) in [5.41, 5.74) is 19.1. The molecule has 0 spiro atoms. The Kier molecular flexibility index (Phi) is 8.24. The SMILES string of the molecule is CC1(C)c2cc(-c3cc(-c4ccccc4)cc(-c4ccccc4)c3)ccc2-c2nccc(-c3cc(-c4ccccc4)cc(-c4ccccc4)c3)c2C1(C)C. The van der Waals surface area contributed by atoms with Crippen molar-refractivity contribution >= 4 is 0 Å². The van der Waals surface area contributed by atoms with Gasteiger partial charge in [0, 0.05) is 17.2 Å². The minimum absolute atomic E-state index is 0.207. The summed E-state index contributed by atoms with van der Waals surface area (Å²) in [7, 11) is 0. The molecule has 54 heavy (non-hydrogen) atoms. The quantitative estimate of drug-likeness (QED) is 0.169. The summed E-state index contributed by atoms with van der Waals surface area (Å²) in [4.78, 5) is 5.18. The summed E-state index contributed by atoms with van der Waals surface area (Å²) < 4.78 is 0. The number of benzene rings is 7. The fraction of sp³-hybridized carbons (Fsp3) is 0.113. The maximum atomic E-state index is 5.18. The van der Waals surface area contributed by atoms with E-state index in [0.717, 1.165) is 5.69 Å². The van der Waals surface area contributed by atoms with Crippen LogP contribution in [0.1, 0.15) is 38.8 Å². The van der Waals surface area contributed by atoms with Crippen molar-refractivity contribution in [3.63, 3.8) is 0 Å². The van der Waals surface area contributed by atoms with E-state index in [1.807, 2.05) is 6.20 Å². The van der Waals surface area contributed by atoms with Gasteiger partial charge in [0.15, 0.2) is 0 Å². The molecule has 0 radical (unpaired) electrons. The van der Waals surface area contributed by atoms with Crippen LogP contribution in [0.4, 0.5) is 0 Å². The molecule has 0 atom stereocenters. The molecule has 1 aliphatic rings. The number of pyridine rings is 1. The molecular weight excluding hydrogens is 651 g/mol. The Labute approximate surface area is 319 Å². The Morgan fingerprint density at radius 1 is 0.315 bits per heavy atom. The third-order valence-electron chi connectivity index (χ3n) is 12.0. The first kappa shape index (κ1) is 33.5. The van der Waals surface area contributed by atoms with Gasteiger partial charge >= 0.3 is 0 Å². The van der Waals surface area contributed by atoms with Crippen molar-refractivity contribution in [1.82, 2.24) is 4.98 Å². The molecule has 0 saturated carbocycles. The summed E-state index contributed by atoms with van der Waals surface area (Å²) in [6, 6.07) is 66.3. The Morgan fingerprint density at radius 3 is 1.13 bits per heavy atom. The van der Waals surface area contributed by atoms with Gasteiger partial charge in [-0.3, -0.25) is 4.98 Å². The molecule has 7 aromatic carbocycles. The molecule has 0 bridgehead atoms. The van der Waals surface area contributed by atoms with Gasteiger partial charge in [-0.25, -0.2) is 0 Å². The van der Waals surface area contributed by atoms with Gasteiger partial charge in [-0.15, -0.1) is 0 Å². The summed E-state index contributed by atoms with van der Waals surface area (Å²) in [6.07, 6.45) is 2.01. The second kappa shape index (κ2) is 13.3. The van der Waals surface area contributed by atoms with Crippen molar-refractivity contribution in [2.45, 2.75) is 38.5 Å². The van der Waals surface area contributed by atoms with Crippen molar-refractivity contribution < 1.29 is 0 Å². The molecule has 1 heterocycles. The first-order valence-corrected chi connectivity index (χ1v) is 18.9. The van der Waals surface area contributed by atoms with E-state index in [1.54, 1.807) is 0 Å². The normalized spacial score (nSPS) is 13.9. The van der Waals surface area contributed by atoms with Crippen LogP contribution in [0, 0.1) is 0 Å². The number of rotatable bonds is 6. The van der Waals surface area contributed by atoms with Crippen molar-refractivity contribution in [3.05, 3.63) is 199 Å². The van der Waals surface area contributed by atoms with Crippen LogP contribution in [0.3, 0.4) is 0 Å². The molecule has 1 aliphatic carbocycles. The van der Waals surface area contributed by atoms with Crippen LogP contribution < -0.4 is 0 Å². The van der Waals surface area contributed by atoms with Crippen molar-refractivity contribution in [1.29, 1.82) is 0 Å². The van der Waals surface area contributed by atoms with E-state index in [-0.39, 0.29) is 10.8 Å². The van der Waals surface area contributed by atoms with E-state index in [4.69, 9.17) is 4.98 Å². The third-order valence-corrected chi connectivity index (χ3v) is 12.0. The fourth-order valence-corrected chi connectivity index (χ4v) is 8.40. The fourth-order valence-electron chi connectivity index (χ4n) is 8.40. The highest BCUT2D eigenvalue weighted by atomic mass is 14.7. The second-order valence-electron chi connectivity index (χ2n) is 15.7. The minimum atomic E-state index is -0.242. The number of hydrogen-bond donors (Lipinski definition) is 0. The predicted molar refractivity (Wildman–Crippen MR) is 228 cm³/mol. The highest BCUT2D eigenvalue weighted by Gasteiger charge is 2.48. The van der Waals surface area contributed by atoms with Gasteiger partial charge in [0.05, 0.1) is 5.69 Å². The molecule has 0 N–H and O–H groups in total. The third kappa shape index (κ3) is 5.78. The number of nitrogens with zero attached hydrogens (tertiary/aromatic N) is 1. The number of fused-ring (bicyclic) bond motifs is 3. The zero-order valence-electron chi connectivity index (χ0n) is 31.3. The molecule has 0 fully saturated rings. The molecule has 9 rings (SSSR count). The molecular formula is C53H43N. The maximum absolute atomic E-state index is 5.18. The summed E-state index contributed by atoms with van der Waals surface area (Å²) >= 11 is 0. The van der Waals surface area contributed by atoms with E-state index < -0.39 is 0 Å². The van der Waals surface area contributed by atoms with E-state index >= 15 is 0 Å². The molecule has 1 heteroatoms. The average molecular weight is 694 g/mol. The number of hydrogen-bond acceptors (Lipinski definition) is 1. The summed E-state index contributed by atoms with van der Waals surface area (Å²) in [5, 5.41) is 0. The topological polar surface area (TPSA) is 12.9 Å². The standard InChI is InChI=1S/C53H43N/c1-52(2)49-35-40(45-31-41(36-17-9-5-10-18-36)29-42(32-45)37-19-11-6-12-20-37)25-26-48(49)51-50(53(52,3)4)47(27-28-54-51)46-33-43(38-21-13-7-14-22-38)30-44(34-46)39-23-15-8-16-24-39/h5-35H,1-4H3. The van der Waals surface area contributed by atoms with Crippen LogP contribution in [0.15, 0.2) is 188 Å². The molecule has 8 aromatic rings. The van der Waals surface area contributed by atoms with Crippen molar-refractivity contribution in [2.24, 2.45) is 0 Å². The van der Waals surface area contributed by atoms with Crippen LogP contribution >= 0.6 is 0 Å². The van der Waals surface area contributed by atoms with E-state index in [2.05, 4.69) is 210 Å². The predicted octanol–water partition coefficient (Wildman–Crippen LogP) is 14.3. The van der Waals surface area contributed by atoms with Crippen LogP contribution in [-0.4, -0.2) is 4.98 Å². The molecule has 0 unspecified atom stereocenters. The summed E-state index contributed by atoms with van der Waals surface area (Å²) in [6.45, 7) is 9.66. The van der Waals surface area contributed by atoms with Gasteiger partial charge in [0.2, 0.25) is 0 Å². The van der Waals surface area contributed by atoms with Gasteiger partial charge in [-0.05, 0) is 132 Å². The second-order valence-corrected chi connectivity index (χ2v) is 15.7. The zero-order valence-corrected chi connectivity index (χ0v) is 31.3. The van der Waals surface area contributed by atoms with Crippen molar-refractivity contribution in [3.8, 4) is 78.0 Å². The lowest BCUT2D eigenvalue weighted by molar-refractivity contribution is 0.299. The largest absolute Gasteiger partial charge is 0.256 e. The average Bonchev–Trinajstić information content (AvgIpc) is 3.23. The van der Waals surface area contributed by atoms with Crippen LogP contribution in [-0.2, 0) is 10.8 Å². The van der Waals surface area contributed by atoms with E-state index in [1.165, 1.54) is 83.5 Å². The molecule has 0 amide bonds. The Hall–Kier alpha value is -6.31. The Bertz CT molecular complexity index is 2500. The van der Waals surface area contributed by atoms with Crippen LogP contribution in [0.25, 0.3) is 78.0 Å². The monoisotopic (exact) mass is 693 g/mol. The van der Waals surface area contributed by atoms with E-state index in [0.29, 0.717) is 0 Å². The van der Waals surface area contributed by atoms with Gasteiger partial charge < -0.3 is 0 Å². The van der Waals surface area contributed by atoms with Crippen LogP contribution in [0.5, 0.6) is 0 Å². The lowest BCUT2D eigenvalue weighted by Gasteiger charge is -2.48. The zero-order chi connectivity index (χ0) is 36.9. The lowest BCUT2D eigenvalue weighted by Crippen LogP contribution is -2.44. The van der Waals surface area contributed by atoms with Crippen LogP contribution in [0.2, 0.25) is 0 Å². The lowest BCUT2D eigenvalue weighted by atomic mass is 9.55. The van der Waals surface area contributed by atoms with Gasteiger partial charge in [-0.2, -0.15) is 0 Å². The molecule has 260 valence electrons. The molecule has 1 aromatic heterocycles. The van der Waals surface area contributed by atoms with Gasteiger partial charge in [0.25, 0.3) is 0 Å². The number of aromatic nitrogens is 1. The molecule has 0 aliphatic heterocycles. The first-order chi connectivity index (χ1) is 26.3. The minimum Gasteiger partial charge on any atom is -0.256 e. The Balaban J connectivity index is 1.22. The van der Waals surface area contributed by atoms with Gasteiger partial charge in [-0.1, -0.05) is 161 Å². The maximum Gasteiger partial charge on any atom is 0.0748 e. The smallest absolute Gasteiger partial charge is 0.0748 e.